The molecule has 25 heavy (non-hydrogen) atoms. The van der Waals surface area contributed by atoms with Crippen LogP contribution in [0.3, 0.4) is 0 Å². The van der Waals surface area contributed by atoms with Gasteiger partial charge >= 0.3 is 6.99 Å². The van der Waals surface area contributed by atoms with Crippen LogP contribution >= 0.6 is 0 Å². The number of hydrogen-bond donors (Lipinski definition) is 3. The maximum absolute atomic E-state index is 11.7. The first-order chi connectivity index (χ1) is 11.6. The lowest BCUT2D eigenvalue weighted by Crippen LogP contribution is -2.87. The molecule has 0 radical (unpaired) electrons. The SMILES string of the molecule is CC1CC(=O)N(CC[NH2+]CCN2C(=O)CC(C)C2=O)C1=O.O=[B-](O)O. The van der Waals surface area contributed by atoms with Crippen molar-refractivity contribution in [1.82, 2.24) is 9.80 Å². The third-order valence-electron chi connectivity index (χ3n) is 4.05. The van der Waals surface area contributed by atoms with E-state index >= 15 is 0 Å². The molecule has 140 valence electrons. The molecule has 2 rings (SSSR count). The lowest BCUT2D eigenvalue weighted by Gasteiger charge is -2.15. The van der Waals surface area contributed by atoms with E-state index in [0.29, 0.717) is 39.0 Å². The fourth-order valence-corrected chi connectivity index (χ4v) is 2.75. The second-order valence-electron chi connectivity index (χ2n) is 6.17. The molecule has 0 bridgehead atoms. The number of carbonyl (C=O) groups excluding carboxylic acids is 4. The Morgan fingerprint density at radius 1 is 0.920 bits per heavy atom. The van der Waals surface area contributed by atoms with Gasteiger partial charge in [0, 0.05) is 24.7 Å². The Kier molecular flexibility index (Phi) is 7.68. The van der Waals surface area contributed by atoms with Gasteiger partial charge in [-0.05, 0) is 0 Å². The van der Waals surface area contributed by atoms with E-state index < -0.39 is 6.99 Å². The molecule has 0 aliphatic carbocycles. The highest BCUT2D eigenvalue weighted by Gasteiger charge is 2.36. The Balaban J connectivity index is 0.000000705. The molecular weight excluding hydrogens is 333 g/mol. The van der Waals surface area contributed by atoms with E-state index in [1.807, 2.05) is 5.32 Å². The number of nitrogens with two attached hydrogens (primary N) is 1. The van der Waals surface area contributed by atoms with E-state index in [0.717, 1.165) is 0 Å². The molecule has 0 saturated carbocycles. The number of rotatable bonds is 6. The summed E-state index contributed by atoms with van der Waals surface area (Å²) in [6.07, 6.45) is 0.598. The number of hydrogen-bond acceptors (Lipinski definition) is 5. The van der Waals surface area contributed by atoms with Gasteiger partial charge in [-0.15, -0.1) is 0 Å². The van der Waals surface area contributed by atoms with Crippen molar-refractivity contribution < 1.29 is 39.2 Å². The standard InChI is InChI=1S/C14H21N3O4.BH2O3/c1-9-7-11(18)16(13(9)20)5-3-15-4-6-17-12(19)8-10(2)14(17)21;2-1(3)4/h9-10,15H,3-8H2,1-2H3;2-3H/q;-1/p+1. The molecule has 4 N–H and O–H groups in total. The van der Waals surface area contributed by atoms with Gasteiger partial charge in [0.1, 0.15) is 0 Å². The van der Waals surface area contributed by atoms with E-state index in [9.17, 15) is 19.2 Å². The predicted octanol–water partition coefficient (Wildman–Crippen LogP) is -3.27. The predicted molar refractivity (Wildman–Crippen MR) is 83.5 cm³/mol. The molecule has 2 aliphatic rings. The summed E-state index contributed by atoms with van der Waals surface area (Å²) in [4.78, 5) is 49.2. The zero-order valence-electron chi connectivity index (χ0n) is 14.4. The largest absolute Gasteiger partial charge is 0.705 e. The monoisotopic (exact) mass is 357 g/mol. The zero-order chi connectivity index (χ0) is 19.1. The summed E-state index contributed by atoms with van der Waals surface area (Å²) < 4.78 is 8.64. The lowest BCUT2D eigenvalue weighted by atomic mass is 10.1. The molecule has 2 aliphatic heterocycles. The van der Waals surface area contributed by atoms with Crippen LogP contribution in [0, 0.1) is 11.8 Å². The third kappa shape index (κ3) is 5.93. The Morgan fingerprint density at radius 2 is 1.24 bits per heavy atom. The Bertz CT molecular complexity index is 523. The van der Waals surface area contributed by atoms with Gasteiger partial charge in [0.25, 0.3) is 0 Å². The van der Waals surface area contributed by atoms with Gasteiger partial charge in [0.15, 0.2) is 0 Å². The highest BCUT2D eigenvalue weighted by atomic mass is 16.4. The molecule has 0 aromatic rings. The number of likely N-dealkylation sites (tertiary alicyclic amines) is 2. The summed E-state index contributed by atoms with van der Waals surface area (Å²) in [6, 6.07) is 0. The average molecular weight is 357 g/mol. The highest BCUT2D eigenvalue weighted by Crippen LogP contribution is 2.18. The zero-order valence-corrected chi connectivity index (χ0v) is 14.4. The van der Waals surface area contributed by atoms with Crippen LogP contribution in [0.2, 0.25) is 0 Å². The van der Waals surface area contributed by atoms with Gasteiger partial charge in [-0.3, -0.25) is 29.0 Å². The molecule has 2 saturated heterocycles. The summed E-state index contributed by atoms with van der Waals surface area (Å²) >= 11 is 0. The van der Waals surface area contributed by atoms with Crippen LogP contribution in [-0.4, -0.2) is 76.6 Å². The van der Waals surface area contributed by atoms with Gasteiger partial charge < -0.3 is 20.1 Å². The summed E-state index contributed by atoms with van der Waals surface area (Å²) in [5.74, 6) is -0.851. The van der Waals surface area contributed by atoms with Crippen LogP contribution in [-0.2, 0) is 23.9 Å². The average Bonchev–Trinajstić information content (AvgIpc) is 2.88. The summed E-state index contributed by atoms with van der Waals surface area (Å²) in [5.41, 5.74) is 0. The van der Waals surface area contributed by atoms with Crippen LogP contribution in [0.25, 0.3) is 0 Å². The van der Waals surface area contributed by atoms with E-state index in [2.05, 4.69) is 0 Å². The fourth-order valence-electron chi connectivity index (χ4n) is 2.75. The van der Waals surface area contributed by atoms with Crippen molar-refractivity contribution in [2.45, 2.75) is 26.7 Å². The maximum Gasteiger partial charge on any atom is 0.507 e. The Morgan fingerprint density at radius 3 is 1.48 bits per heavy atom. The number of amides is 4. The smallest absolute Gasteiger partial charge is 0.507 e. The molecule has 0 aromatic carbocycles. The minimum Gasteiger partial charge on any atom is -0.705 e. The van der Waals surface area contributed by atoms with Gasteiger partial charge in [-0.1, -0.05) is 13.8 Å². The first-order valence-corrected chi connectivity index (χ1v) is 8.17. The van der Waals surface area contributed by atoms with Crippen molar-refractivity contribution in [2.24, 2.45) is 11.8 Å². The number of imide groups is 2. The van der Waals surface area contributed by atoms with Crippen molar-refractivity contribution in [3.05, 3.63) is 0 Å². The van der Waals surface area contributed by atoms with Crippen LogP contribution < -0.4 is 5.32 Å². The number of nitrogens with zero attached hydrogens (tertiary/aromatic N) is 2. The summed E-state index contributed by atoms with van der Waals surface area (Å²) in [5, 5.41) is 16.0. The summed E-state index contributed by atoms with van der Waals surface area (Å²) in [7, 11) is 0. The van der Waals surface area contributed by atoms with Crippen molar-refractivity contribution in [3.8, 4) is 0 Å². The second kappa shape index (κ2) is 9.26. The summed E-state index contributed by atoms with van der Waals surface area (Å²) in [6.45, 7) is 3.07. The van der Waals surface area contributed by atoms with Crippen molar-refractivity contribution in [3.63, 3.8) is 0 Å². The topological polar surface area (TPSA) is 149 Å². The van der Waals surface area contributed by atoms with Gasteiger partial charge in [0.2, 0.25) is 23.6 Å². The quantitative estimate of drug-likeness (QED) is 0.256. The molecular formula is C14H24BN3O7. The first kappa shape index (κ1) is 20.7. The Labute approximate surface area is 145 Å². The van der Waals surface area contributed by atoms with E-state index in [1.54, 1.807) is 13.8 Å². The fraction of sp³-hybridized carbons (Fsp3) is 0.714. The minimum absolute atomic E-state index is 0.105. The Hall–Kier alpha value is -2.30. The molecule has 2 fully saturated rings. The van der Waals surface area contributed by atoms with Crippen LogP contribution in [0.5, 0.6) is 0 Å². The number of carbonyl (C=O) groups is 4. The van der Waals surface area contributed by atoms with Gasteiger partial charge in [-0.2, -0.15) is 0 Å². The normalized spacial score (nSPS) is 23.1. The van der Waals surface area contributed by atoms with E-state index in [-0.39, 0.29) is 35.5 Å². The van der Waals surface area contributed by atoms with Crippen LogP contribution in [0.4, 0.5) is 0 Å². The van der Waals surface area contributed by atoms with Crippen molar-refractivity contribution in [2.75, 3.05) is 26.2 Å². The molecule has 0 aromatic heterocycles. The van der Waals surface area contributed by atoms with Crippen LogP contribution in [0.15, 0.2) is 0 Å². The first-order valence-electron chi connectivity index (χ1n) is 8.17. The number of quaternary nitrogens is 1. The third-order valence-corrected chi connectivity index (χ3v) is 4.05. The molecule has 11 heteroatoms. The minimum atomic E-state index is -2.42. The lowest BCUT2D eigenvalue weighted by molar-refractivity contribution is -0.653. The molecule has 2 heterocycles. The van der Waals surface area contributed by atoms with Gasteiger partial charge in [0.05, 0.1) is 26.2 Å². The van der Waals surface area contributed by atoms with E-state index in [4.69, 9.17) is 14.8 Å². The molecule has 0 spiro atoms. The van der Waals surface area contributed by atoms with Crippen LogP contribution in [0.1, 0.15) is 26.7 Å². The molecule has 4 amide bonds. The van der Waals surface area contributed by atoms with Gasteiger partial charge in [-0.25, -0.2) is 0 Å². The highest BCUT2D eigenvalue weighted by molar-refractivity contribution is 6.22. The second-order valence-corrected chi connectivity index (χ2v) is 6.17. The van der Waals surface area contributed by atoms with E-state index in [1.165, 1.54) is 9.80 Å². The molecule has 2 atom stereocenters. The maximum atomic E-state index is 11.7. The van der Waals surface area contributed by atoms with Crippen molar-refractivity contribution >= 4 is 30.6 Å². The van der Waals surface area contributed by atoms with Crippen molar-refractivity contribution in [1.29, 1.82) is 0 Å². The molecule has 2 unspecified atom stereocenters. The molecule has 10 nitrogen and oxygen atoms in total.